The van der Waals surface area contributed by atoms with E-state index < -0.39 is 0 Å². The average Bonchev–Trinajstić information content (AvgIpc) is 2.31. The Morgan fingerprint density at radius 2 is 1.81 bits per heavy atom. The molecule has 0 bridgehead atoms. The van der Waals surface area contributed by atoms with Crippen LogP contribution in [0.3, 0.4) is 0 Å². The Bertz CT molecular complexity index is 330. The van der Waals surface area contributed by atoms with Gasteiger partial charge in [-0.15, -0.1) is 0 Å². The lowest BCUT2D eigenvalue weighted by Gasteiger charge is -2.36. The van der Waals surface area contributed by atoms with Gasteiger partial charge in [-0.1, -0.05) is 18.2 Å². The maximum atomic E-state index is 5.57. The molecule has 2 N–H and O–H groups in total. The quantitative estimate of drug-likeness (QED) is 0.825. The molecule has 1 fully saturated rings. The van der Waals surface area contributed by atoms with Gasteiger partial charge in [0, 0.05) is 45.0 Å². The van der Waals surface area contributed by atoms with E-state index in [1.807, 2.05) is 0 Å². The van der Waals surface area contributed by atoms with Crippen LogP contribution >= 0.6 is 0 Å². The number of nitrogens with zero attached hydrogens (tertiary/aromatic N) is 2. The summed E-state index contributed by atoms with van der Waals surface area (Å²) >= 11 is 0. The van der Waals surface area contributed by atoms with Crippen molar-refractivity contribution in [2.75, 3.05) is 44.2 Å². The molecule has 2 rings (SSSR count). The predicted molar refractivity (Wildman–Crippen MR) is 68.9 cm³/mol. The van der Waals surface area contributed by atoms with E-state index in [4.69, 9.17) is 5.73 Å². The van der Waals surface area contributed by atoms with Crippen molar-refractivity contribution >= 4 is 5.69 Å². The summed E-state index contributed by atoms with van der Waals surface area (Å²) in [6, 6.07) is 8.62. The third-order valence-electron chi connectivity index (χ3n) is 3.27. The molecule has 1 aromatic carbocycles. The molecule has 1 aliphatic heterocycles. The average molecular weight is 219 g/mol. The minimum atomic E-state index is 0.768. The minimum absolute atomic E-state index is 0.768. The summed E-state index contributed by atoms with van der Waals surface area (Å²) in [5, 5.41) is 0. The summed E-state index contributed by atoms with van der Waals surface area (Å²) in [6.07, 6.45) is 0. The van der Waals surface area contributed by atoms with Gasteiger partial charge >= 0.3 is 0 Å². The van der Waals surface area contributed by atoms with E-state index >= 15 is 0 Å². The van der Waals surface area contributed by atoms with Gasteiger partial charge in [-0.2, -0.15) is 0 Å². The van der Waals surface area contributed by atoms with Crippen molar-refractivity contribution < 1.29 is 0 Å². The van der Waals surface area contributed by atoms with Gasteiger partial charge in [0.05, 0.1) is 0 Å². The smallest absolute Gasteiger partial charge is 0.0396 e. The van der Waals surface area contributed by atoms with Crippen molar-refractivity contribution in [2.45, 2.75) is 6.92 Å². The normalized spacial score (nSPS) is 17.8. The van der Waals surface area contributed by atoms with Gasteiger partial charge in [0.25, 0.3) is 0 Å². The summed E-state index contributed by atoms with van der Waals surface area (Å²) in [5.41, 5.74) is 8.33. The third-order valence-corrected chi connectivity index (χ3v) is 3.27. The molecular weight excluding hydrogens is 198 g/mol. The molecule has 0 radical (unpaired) electrons. The van der Waals surface area contributed by atoms with Crippen molar-refractivity contribution in [2.24, 2.45) is 5.73 Å². The first kappa shape index (κ1) is 11.4. The number of para-hydroxylation sites is 1. The molecule has 0 atom stereocenters. The van der Waals surface area contributed by atoms with Gasteiger partial charge in [-0.3, -0.25) is 4.90 Å². The Hall–Kier alpha value is -1.06. The fourth-order valence-electron chi connectivity index (χ4n) is 2.31. The van der Waals surface area contributed by atoms with Crippen LogP contribution in [0.1, 0.15) is 5.56 Å². The molecule has 1 saturated heterocycles. The Balaban J connectivity index is 1.96. The lowest BCUT2D eigenvalue weighted by atomic mass is 10.1. The number of anilines is 1. The number of aryl methyl sites for hydroxylation is 1. The Morgan fingerprint density at radius 1 is 1.12 bits per heavy atom. The van der Waals surface area contributed by atoms with Crippen LogP contribution in [-0.2, 0) is 0 Å². The number of hydrogen-bond acceptors (Lipinski definition) is 3. The number of rotatable bonds is 3. The fourth-order valence-corrected chi connectivity index (χ4v) is 2.31. The molecule has 0 amide bonds. The summed E-state index contributed by atoms with van der Waals surface area (Å²) < 4.78 is 0. The standard InChI is InChI=1S/C13H21N3/c1-12-4-2-3-5-13(12)16-10-8-15(7-6-14)9-11-16/h2-5H,6-11,14H2,1H3. The zero-order chi connectivity index (χ0) is 11.4. The van der Waals surface area contributed by atoms with E-state index in [-0.39, 0.29) is 0 Å². The first-order chi connectivity index (χ1) is 7.81. The van der Waals surface area contributed by atoms with Crippen molar-refractivity contribution in [3.8, 4) is 0 Å². The van der Waals surface area contributed by atoms with Crippen LogP contribution in [0.2, 0.25) is 0 Å². The number of nitrogens with two attached hydrogens (primary N) is 1. The molecule has 3 nitrogen and oxygen atoms in total. The Kier molecular flexibility index (Phi) is 3.80. The third kappa shape index (κ3) is 2.54. The number of hydrogen-bond donors (Lipinski definition) is 1. The van der Waals surface area contributed by atoms with Crippen molar-refractivity contribution in [3.63, 3.8) is 0 Å². The summed E-state index contributed by atoms with van der Waals surface area (Å²) in [4.78, 5) is 4.91. The molecule has 0 aliphatic carbocycles. The maximum Gasteiger partial charge on any atom is 0.0396 e. The molecule has 0 aromatic heterocycles. The van der Waals surface area contributed by atoms with Crippen LogP contribution in [0, 0.1) is 6.92 Å². The SMILES string of the molecule is Cc1ccccc1N1CCN(CCN)CC1. The van der Waals surface area contributed by atoms with Crippen molar-refractivity contribution in [3.05, 3.63) is 29.8 Å². The predicted octanol–water partition coefficient (Wildman–Crippen LogP) is 1.08. The van der Waals surface area contributed by atoms with E-state index in [1.165, 1.54) is 11.3 Å². The van der Waals surface area contributed by atoms with Gasteiger partial charge in [-0.25, -0.2) is 0 Å². The van der Waals surface area contributed by atoms with E-state index in [0.717, 1.165) is 39.3 Å². The number of benzene rings is 1. The van der Waals surface area contributed by atoms with Crippen molar-refractivity contribution in [1.82, 2.24) is 4.90 Å². The molecule has 1 aliphatic rings. The fraction of sp³-hybridized carbons (Fsp3) is 0.538. The highest BCUT2D eigenvalue weighted by molar-refractivity contribution is 5.53. The Morgan fingerprint density at radius 3 is 2.44 bits per heavy atom. The van der Waals surface area contributed by atoms with Crippen LogP contribution in [-0.4, -0.2) is 44.2 Å². The molecule has 1 heterocycles. The van der Waals surface area contributed by atoms with E-state index in [1.54, 1.807) is 0 Å². The molecular formula is C13H21N3. The molecule has 0 spiro atoms. The summed E-state index contributed by atoms with van der Waals surface area (Å²) in [7, 11) is 0. The second-order valence-electron chi connectivity index (χ2n) is 4.40. The Labute approximate surface area is 97.8 Å². The maximum absolute atomic E-state index is 5.57. The van der Waals surface area contributed by atoms with Gasteiger partial charge in [0.1, 0.15) is 0 Å². The second kappa shape index (κ2) is 5.32. The monoisotopic (exact) mass is 219 g/mol. The lowest BCUT2D eigenvalue weighted by molar-refractivity contribution is 0.265. The highest BCUT2D eigenvalue weighted by Gasteiger charge is 2.17. The van der Waals surface area contributed by atoms with E-state index in [9.17, 15) is 0 Å². The van der Waals surface area contributed by atoms with Gasteiger partial charge in [0.15, 0.2) is 0 Å². The molecule has 0 saturated carbocycles. The second-order valence-corrected chi connectivity index (χ2v) is 4.40. The topological polar surface area (TPSA) is 32.5 Å². The van der Waals surface area contributed by atoms with Crippen LogP contribution in [0.25, 0.3) is 0 Å². The highest BCUT2D eigenvalue weighted by Crippen LogP contribution is 2.20. The van der Waals surface area contributed by atoms with Crippen LogP contribution in [0.5, 0.6) is 0 Å². The molecule has 0 unspecified atom stereocenters. The molecule has 16 heavy (non-hydrogen) atoms. The van der Waals surface area contributed by atoms with Gasteiger partial charge in [0.2, 0.25) is 0 Å². The van der Waals surface area contributed by atoms with E-state index in [0.29, 0.717) is 0 Å². The molecule has 1 aromatic rings. The first-order valence-corrected chi connectivity index (χ1v) is 6.04. The van der Waals surface area contributed by atoms with Crippen LogP contribution < -0.4 is 10.6 Å². The van der Waals surface area contributed by atoms with Crippen LogP contribution in [0.4, 0.5) is 5.69 Å². The zero-order valence-electron chi connectivity index (χ0n) is 10.0. The summed E-state index contributed by atoms with van der Waals surface area (Å²) in [5.74, 6) is 0. The van der Waals surface area contributed by atoms with Crippen LogP contribution in [0.15, 0.2) is 24.3 Å². The highest BCUT2D eigenvalue weighted by atomic mass is 15.3. The lowest BCUT2D eigenvalue weighted by Crippen LogP contribution is -2.47. The first-order valence-electron chi connectivity index (χ1n) is 6.04. The molecule has 3 heteroatoms. The summed E-state index contributed by atoms with van der Waals surface area (Å²) in [6.45, 7) is 8.47. The van der Waals surface area contributed by atoms with E-state index in [2.05, 4.69) is 41.0 Å². The van der Waals surface area contributed by atoms with Gasteiger partial charge in [-0.05, 0) is 18.6 Å². The zero-order valence-corrected chi connectivity index (χ0v) is 10.0. The van der Waals surface area contributed by atoms with Crippen molar-refractivity contribution in [1.29, 1.82) is 0 Å². The largest absolute Gasteiger partial charge is 0.369 e. The molecule has 88 valence electrons. The van der Waals surface area contributed by atoms with Gasteiger partial charge < -0.3 is 10.6 Å². The minimum Gasteiger partial charge on any atom is -0.369 e. The number of piperazine rings is 1.